The summed E-state index contributed by atoms with van der Waals surface area (Å²) in [6, 6.07) is 7.03. The van der Waals surface area contributed by atoms with Gasteiger partial charge in [-0.3, -0.25) is 19.8 Å². The van der Waals surface area contributed by atoms with Crippen molar-refractivity contribution in [2.45, 2.75) is 70.3 Å². The minimum Gasteiger partial charge on any atom is -0.399 e. The molecule has 0 radical (unpaired) electrons. The first-order valence-electron chi connectivity index (χ1n) is 13.9. The number of nitrogens with one attached hydrogen (secondary N) is 2. The van der Waals surface area contributed by atoms with E-state index in [-0.39, 0.29) is 18.5 Å². The Bertz CT molecular complexity index is 1280. The van der Waals surface area contributed by atoms with E-state index in [2.05, 4.69) is 23.4 Å². The molecule has 0 bridgehead atoms. The lowest BCUT2D eigenvalue weighted by Crippen LogP contribution is -2.47. The molecular formula is C30H41N7O3. The fourth-order valence-corrected chi connectivity index (χ4v) is 6.09. The fourth-order valence-electron chi connectivity index (χ4n) is 6.09. The van der Waals surface area contributed by atoms with Crippen molar-refractivity contribution in [3.05, 3.63) is 70.0 Å². The van der Waals surface area contributed by atoms with Gasteiger partial charge in [0.2, 0.25) is 11.8 Å². The number of amides is 3. The number of nitrogens with two attached hydrogens (primary N) is 3. The van der Waals surface area contributed by atoms with Crippen molar-refractivity contribution in [1.82, 2.24) is 15.6 Å². The zero-order valence-corrected chi connectivity index (χ0v) is 23.5. The topological polar surface area (TPSA) is 180 Å². The lowest BCUT2D eigenvalue weighted by molar-refractivity contribution is -0.130. The van der Waals surface area contributed by atoms with Gasteiger partial charge in [0.15, 0.2) is 0 Å². The summed E-state index contributed by atoms with van der Waals surface area (Å²) in [5, 5.41) is 12.5. The highest BCUT2D eigenvalue weighted by Crippen LogP contribution is 2.47. The number of aryl methyl sites for hydroxylation is 1. The molecule has 0 aromatic heterocycles. The third kappa shape index (κ3) is 5.96. The van der Waals surface area contributed by atoms with Crippen molar-refractivity contribution in [1.29, 1.82) is 5.26 Å². The molecule has 8 N–H and O–H groups in total. The van der Waals surface area contributed by atoms with E-state index in [1.165, 1.54) is 0 Å². The molecule has 1 fully saturated rings. The zero-order chi connectivity index (χ0) is 29.4. The van der Waals surface area contributed by atoms with Gasteiger partial charge in [-0.15, -0.1) is 0 Å². The summed E-state index contributed by atoms with van der Waals surface area (Å²) < 4.78 is 0. The maximum atomic E-state index is 13.4. The van der Waals surface area contributed by atoms with Gasteiger partial charge in [-0.05, 0) is 91.5 Å². The molecule has 1 aromatic rings. The van der Waals surface area contributed by atoms with Crippen LogP contribution in [0.15, 0.2) is 53.3 Å². The van der Waals surface area contributed by atoms with E-state index in [0.29, 0.717) is 62.9 Å². The average Bonchev–Trinajstić information content (AvgIpc) is 3.40. The Morgan fingerprint density at radius 3 is 2.58 bits per heavy atom. The van der Waals surface area contributed by atoms with Gasteiger partial charge in [0.25, 0.3) is 5.91 Å². The van der Waals surface area contributed by atoms with Gasteiger partial charge >= 0.3 is 0 Å². The predicted molar refractivity (Wildman–Crippen MR) is 154 cm³/mol. The van der Waals surface area contributed by atoms with E-state index in [1.54, 1.807) is 23.1 Å². The van der Waals surface area contributed by atoms with Crippen molar-refractivity contribution in [3.8, 4) is 6.07 Å². The van der Waals surface area contributed by atoms with Gasteiger partial charge in [-0.2, -0.15) is 5.26 Å². The highest BCUT2D eigenvalue weighted by atomic mass is 16.2. The fraction of sp³-hybridized carbons (Fsp3) is 0.467. The summed E-state index contributed by atoms with van der Waals surface area (Å²) >= 11 is 0. The van der Waals surface area contributed by atoms with Crippen LogP contribution in [0.25, 0.3) is 0 Å². The number of primary amides is 1. The summed E-state index contributed by atoms with van der Waals surface area (Å²) in [6.07, 6.45) is 6.35. The number of hydrogen-bond donors (Lipinski definition) is 5. The largest absolute Gasteiger partial charge is 0.399 e. The molecule has 10 nitrogen and oxygen atoms in total. The Morgan fingerprint density at radius 1 is 1.18 bits per heavy atom. The third-order valence-corrected chi connectivity index (χ3v) is 8.03. The first-order valence-corrected chi connectivity index (χ1v) is 13.9. The average molecular weight is 548 g/mol. The molecule has 3 aliphatic rings. The molecule has 40 heavy (non-hydrogen) atoms. The zero-order valence-electron chi connectivity index (χ0n) is 23.5. The van der Waals surface area contributed by atoms with Crippen LogP contribution in [0.2, 0.25) is 0 Å². The number of hydrogen-bond acceptors (Lipinski definition) is 7. The van der Waals surface area contributed by atoms with Crippen LogP contribution in [0.3, 0.4) is 0 Å². The number of hydrazine groups is 1. The number of allylic oxidation sites excluding steroid dienone is 3. The molecule has 1 aromatic carbocycles. The Labute approximate surface area is 236 Å². The molecule has 4 rings (SSSR count). The van der Waals surface area contributed by atoms with Crippen LogP contribution in [0.1, 0.15) is 73.9 Å². The quantitative estimate of drug-likeness (QED) is 0.143. The number of nitrogens with zero attached hydrogens (tertiary/aromatic N) is 2. The number of nitrogen functional groups attached to an aromatic ring is 1. The smallest absolute Gasteiger partial charge is 0.265 e. The summed E-state index contributed by atoms with van der Waals surface area (Å²) in [5.41, 5.74) is 18.7. The van der Waals surface area contributed by atoms with Gasteiger partial charge < -0.3 is 21.7 Å². The van der Waals surface area contributed by atoms with E-state index in [4.69, 9.17) is 17.3 Å². The van der Waals surface area contributed by atoms with Gasteiger partial charge in [-0.25, -0.2) is 5.84 Å². The van der Waals surface area contributed by atoms with Crippen LogP contribution in [0.4, 0.5) is 0 Å². The molecule has 1 heterocycles. The maximum Gasteiger partial charge on any atom is 0.265 e. The second-order valence-corrected chi connectivity index (χ2v) is 10.1. The summed E-state index contributed by atoms with van der Waals surface area (Å²) in [7, 11) is 0. The van der Waals surface area contributed by atoms with Crippen molar-refractivity contribution < 1.29 is 14.4 Å². The molecule has 2 aliphatic carbocycles. The molecule has 1 saturated heterocycles. The normalized spacial score (nSPS) is 21.5. The van der Waals surface area contributed by atoms with E-state index in [0.717, 1.165) is 34.3 Å². The minimum absolute atomic E-state index is 0.0679. The van der Waals surface area contributed by atoms with Crippen molar-refractivity contribution in [2.24, 2.45) is 17.3 Å². The number of fused-ring (bicyclic) bond motifs is 1. The van der Waals surface area contributed by atoms with E-state index in [9.17, 15) is 19.6 Å². The molecular weight excluding hydrogens is 506 g/mol. The van der Waals surface area contributed by atoms with Crippen LogP contribution in [0, 0.1) is 11.3 Å². The van der Waals surface area contributed by atoms with Crippen LogP contribution in [0.5, 0.6) is 0 Å². The highest BCUT2D eigenvalue weighted by Gasteiger charge is 2.46. The summed E-state index contributed by atoms with van der Waals surface area (Å²) in [6.45, 7) is 8.88. The molecule has 10 heteroatoms. The monoisotopic (exact) mass is 547 g/mol. The van der Waals surface area contributed by atoms with Crippen molar-refractivity contribution >= 4 is 17.7 Å². The van der Waals surface area contributed by atoms with Crippen LogP contribution >= 0.6 is 0 Å². The van der Waals surface area contributed by atoms with Crippen LogP contribution in [-0.2, 0) is 21.4 Å². The first kappa shape index (κ1) is 30.6. The second kappa shape index (κ2) is 13.4. The first-order chi connectivity index (χ1) is 19.2. The van der Waals surface area contributed by atoms with Gasteiger partial charge in [0.05, 0.1) is 18.0 Å². The number of nitriles is 1. The van der Waals surface area contributed by atoms with Crippen LogP contribution < -0.4 is 28.1 Å². The Morgan fingerprint density at radius 2 is 1.93 bits per heavy atom. The molecule has 0 spiro atoms. The highest BCUT2D eigenvalue weighted by molar-refractivity contribution is 5.96. The third-order valence-electron chi connectivity index (χ3n) is 8.03. The van der Waals surface area contributed by atoms with Gasteiger partial charge in [-0.1, -0.05) is 32.6 Å². The van der Waals surface area contributed by atoms with Gasteiger partial charge in [0.1, 0.15) is 6.04 Å². The number of benzene rings is 1. The van der Waals surface area contributed by atoms with E-state index >= 15 is 0 Å². The Kier molecular flexibility index (Phi) is 10.3. The number of likely N-dealkylation sites (tertiary alicyclic amines) is 1. The van der Waals surface area contributed by atoms with E-state index < -0.39 is 17.2 Å². The molecule has 214 valence electrons. The maximum absolute atomic E-state index is 13.4. The van der Waals surface area contributed by atoms with Crippen molar-refractivity contribution in [2.75, 3.05) is 19.6 Å². The summed E-state index contributed by atoms with van der Waals surface area (Å²) in [5.74, 6) is 4.32. The molecule has 3 amide bonds. The standard InChI is InChI=1S/C28H35N7O3.C2H6/c1-17(30)18-6-8-23-19(13-18)4-5-20-14-21(26(37)34-32)7-9-24(20)28(23,27(31)38)10-11-33-16-25(36)35-12-2-3-22(35)15-29;1-2/h7,9,13-14,22,33H,1-6,8,10-12,16,30,32H2,(H2,31,38)(H,34,37);1-2H3. The van der Waals surface area contributed by atoms with Crippen molar-refractivity contribution in [3.63, 3.8) is 0 Å². The molecule has 2 atom stereocenters. The predicted octanol–water partition coefficient (Wildman–Crippen LogP) is 1.97. The van der Waals surface area contributed by atoms with Gasteiger partial charge in [0, 0.05) is 17.8 Å². The summed E-state index contributed by atoms with van der Waals surface area (Å²) in [4.78, 5) is 40.0. The number of carbonyl (C=O) groups excluding carboxylic acids is 3. The number of rotatable bonds is 8. The lowest BCUT2D eigenvalue weighted by Gasteiger charge is -2.37. The Balaban J connectivity index is 0.00000216. The SMILES string of the molecule is C=C(N)C1=CC2=C(CC1)C(CCNCC(=O)N1CCCC1C#N)(C(N)=O)c1ccc(C(=O)NN)cc1CC2.CC. The number of carbonyl (C=O) groups is 3. The lowest BCUT2D eigenvalue weighted by atomic mass is 9.66. The van der Waals surface area contributed by atoms with E-state index in [1.807, 2.05) is 19.9 Å². The second-order valence-electron chi connectivity index (χ2n) is 10.1. The molecule has 1 aliphatic heterocycles. The Hall–Kier alpha value is -3.94. The van der Waals surface area contributed by atoms with Crippen LogP contribution in [-0.4, -0.2) is 48.3 Å². The molecule has 2 unspecified atom stereocenters. The molecule has 0 saturated carbocycles. The minimum atomic E-state index is -1.13.